The average molecular weight is 282 g/mol. The second kappa shape index (κ2) is 6.00. The molecule has 3 rings (SSSR count). The van der Waals surface area contributed by atoms with Crippen molar-refractivity contribution in [3.8, 4) is 11.5 Å². The van der Waals surface area contributed by atoms with E-state index in [1.165, 1.54) is 0 Å². The molecule has 0 aromatic heterocycles. The third-order valence-electron chi connectivity index (χ3n) is 3.53. The topological polar surface area (TPSA) is 35.5 Å². The van der Waals surface area contributed by atoms with Gasteiger partial charge in [0.25, 0.3) is 0 Å². The SMILES string of the molecule is COc1ccc(CC(=O)c2ccc(OC3CC3)cc2)cc1. The minimum atomic E-state index is 0.109. The summed E-state index contributed by atoms with van der Waals surface area (Å²) in [5.41, 5.74) is 1.70. The van der Waals surface area contributed by atoms with Crippen molar-refractivity contribution in [2.24, 2.45) is 0 Å². The Balaban J connectivity index is 1.63. The van der Waals surface area contributed by atoms with Gasteiger partial charge in [-0.15, -0.1) is 0 Å². The predicted octanol–water partition coefficient (Wildman–Crippen LogP) is 3.66. The minimum Gasteiger partial charge on any atom is -0.497 e. The van der Waals surface area contributed by atoms with Crippen LogP contribution in [0.2, 0.25) is 0 Å². The maximum atomic E-state index is 12.2. The van der Waals surface area contributed by atoms with Gasteiger partial charge in [-0.25, -0.2) is 0 Å². The first-order chi connectivity index (χ1) is 10.2. The first kappa shape index (κ1) is 13.7. The molecule has 3 nitrogen and oxygen atoms in total. The summed E-state index contributed by atoms with van der Waals surface area (Å²) in [6.07, 6.45) is 3.05. The highest BCUT2D eigenvalue weighted by Gasteiger charge is 2.23. The fraction of sp³-hybridized carbons (Fsp3) is 0.278. The van der Waals surface area contributed by atoms with E-state index in [0.717, 1.165) is 29.9 Å². The molecule has 2 aromatic rings. The van der Waals surface area contributed by atoms with Crippen molar-refractivity contribution in [1.29, 1.82) is 0 Å². The van der Waals surface area contributed by atoms with Crippen LogP contribution < -0.4 is 9.47 Å². The molecule has 1 aliphatic carbocycles. The Kier molecular flexibility index (Phi) is 3.91. The third-order valence-corrected chi connectivity index (χ3v) is 3.53. The molecule has 0 heterocycles. The Labute approximate surface area is 124 Å². The van der Waals surface area contributed by atoms with Crippen molar-refractivity contribution in [2.45, 2.75) is 25.4 Å². The van der Waals surface area contributed by atoms with Crippen molar-refractivity contribution < 1.29 is 14.3 Å². The molecule has 0 N–H and O–H groups in total. The highest BCUT2D eigenvalue weighted by Crippen LogP contribution is 2.26. The lowest BCUT2D eigenvalue weighted by Crippen LogP contribution is -2.04. The van der Waals surface area contributed by atoms with Crippen LogP contribution in [0.15, 0.2) is 48.5 Å². The number of carbonyl (C=O) groups is 1. The standard InChI is InChI=1S/C18H18O3/c1-20-15-6-2-13(3-7-15)12-18(19)14-4-8-16(9-5-14)21-17-10-11-17/h2-9,17H,10-12H2,1H3. The Bertz CT molecular complexity index is 610. The monoisotopic (exact) mass is 282 g/mol. The van der Waals surface area contributed by atoms with Crippen LogP contribution >= 0.6 is 0 Å². The number of rotatable bonds is 6. The summed E-state index contributed by atoms with van der Waals surface area (Å²) in [6.45, 7) is 0. The second-order valence-electron chi connectivity index (χ2n) is 5.29. The van der Waals surface area contributed by atoms with E-state index in [1.807, 2.05) is 48.5 Å². The molecule has 0 atom stereocenters. The Morgan fingerprint density at radius 1 is 1.00 bits per heavy atom. The number of carbonyl (C=O) groups excluding carboxylic acids is 1. The zero-order valence-corrected chi connectivity index (χ0v) is 12.0. The van der Waals surface area contributed by atoms with Gasteiger partial charge in [0.2, 0.25) is 0 Å². The Hall–Kier alpha value is -2.29. The second-order valence-corrected chi connectivity index (χ2v) is 5.29. The van der Waals surface area contributed by atoms with E-state index < -0.39 is 0 Å². The molecular weight excluding hydrogens is 264 g/mol. The van der Waals surface area contributed by atoms with Crippen LogP contribution in [0, 0.1) is 0 Å². The molecular formula is C18H18O3. The van der Waals surface area contributed by atoms with Crippen LogP contribution in [0.5, 0.6) is 11.5 Å². The maximum Gasteiger partial charge on any atom is 0.167 e. The van der Waals surface area contributed by atoms with Crippen molar-refractivity contribution >= 4 is 5.78 Å². The largest absolute Gasteiger partial charge is 0.497 e. The molecule has 0 amide bonds. The Morgan fingerprint density at radius 2 is 1.62 bits per heavy atom. The molecule has 2 aromatic carbocycles. The number of hydrogen-bond donors (Lipinski definition) is 0. The summed E-state index contributed by atoms with van der Waals surface area (Å²) in [5, 5.41) is 0. The summed E-state index contributed by atoms with van der Waals surface area (Å²) in [4.78, 5) is 12.2. The van der Waals surface area contributed by atoms with Crippen LogP contribution in [0.4, 0.5) is 0 Å². The van der Waals surface area contributed by atoms with Gasteiger partial charge in [-0.05, 0) is 54.8 Å². The van der Waals surface area contributed by atoms with Crippen LogP contribution in [-0.2, 0) is 6.42 Å². The number of ketones is 1. The molecule has 108 valence electrons. The summed E-state index contributed by atoms with van der Waals surface area (Å²) in [5.74, 6) is 1.75. The van der Waals surface area contributed by atoms with Gasteiger partial charge in [-0.2, -0.15) is 0 Å². The summed E-state index contributed by atoms with van der Waals surface area (Å²) in [7, 11) is 1.63. The molecule has 0 aliphatic heterocycles. The average Bonchev–Trinajstić information content (AvgIpc) is 3.33. The highest BCUT2D eigenvalue weighted by atomic mass is 16.5. The summed E-state index contributed by atoms with van der Waals surface area (Å²) >= 11 is 0. The van der Waals surface area contributed by atoms with Crippen LogP contribution in [0.3, 0.4) is 0 Å². The highest BCUT2D eigenvalue weighted by molar-refractivity contribution is 5.97. The van der Waals surface area contributed by atoms with Gasteiger partial charge in [0.05, 0.1) is 13.2 Å². The molecule has 0 unspecified atom stereocenters. The number of hydrogen-bond acceptors (Lipinski definition) is 3. The van der Waals surface area contributed by atoms with E-state index in [-0.39, 0.29) is 5.78 Å². The van der Waals surface area contributed by atoms with E-state index in [4.69, 9.17) is 9.47 Å². The number of Topliss-reactive ketones (excluding diaryl/α,β-unsaturated/α-hetero) is 1. The normalized spacial score (nSPS) is 13.8. The van der Waals surface area contributed by atoms with Gasteiger partial charge in [0.1, 0.15) is 11.5 Å². The fourth-order valence-corrected chi connectivity index (χ4v) is 2.13. The fourth-order valence-electron chi connectivity index (χ4n) is 2.13. The molecule has 1 saturated carbocycles. The van der Waals surface area contributed by atoms with Crippen LogP contribution in [-0.4, -0.2) is 19.0 Å². The minimum absolute atomic E-state index is 0.109. The van der Waals surface area contributed by atoms with Crippen molar-refractivity contribution in [1.82, 2.24) is 0 Å². The molecule has 3 heteroatoms. The van der Waals surface area contributed by atoms with E-state index in [1.54, 1.807) is 7.11 Å². The first-order valence-electron chi connectivity index (χ1n) is 7.17. The molecule has 0 bridgehead atoms. The van der Waals surface area contributed by atoms with Gasteiger partial charge < -0.3 is 9.47 Å². The van der Waals surface area contributed by atoms with E-state index in [2.05, 4.69) is 0 Å². The zero-order valence-electron chi connectivity index (χ0n) is 12.0. The van der Waals surface area contributed by atoms with Crippen molar-refractivity contribution in [2.75, 3.05) is 7.11 Å². The van der Waals surface area contributed by atoms with Crippen molar-refractivity contribution in [3.63, 3.8) is 0 Å². The molecule has 0 saturated heterocycles. The number of methoxy groups -OCH3 is 1. The first-order valence-corrected chi connectivity index (χ1v) is 7.17. The Morgan fingerprint density at radius 3 is 2.19 bits per heavy atom. The molecule has 0 spiro atoms. The van der Waals surface area contributed by atoms with Gasteiger partial charge in [-0.3, -0.25) is 4.79 Å². The summed E-state index contributed by atoms with van der Waals surface area (Å²) < 4.78 is 10.8. The van der Waals surface area contributed by atoms with E-state index in [9.17, 15) is 4.79 Å². The van der Waals surface area contributed by atoms with Crippen LogP contribution in [0.1, 0.15) is 28.8 Å². The number of benzene rings is 2. The van der Waals surface area contributed by atoms with Gasteiger partial charge in [0.15, 0.2) is 5.78 Å². The van der Waals surface area contributed by atoms with Gasteiger partial charge in [-0.1, -0.05) is 12.1 Å². The lowest BCUT2D eigenvalue weighted by Gasteiger charge is -2.06. The van der Waals surface area contributed by atoms with E-state index >= 15 is 0 Å². The zero-order chi connectivity index (χ0) is 14.7. The lowest BCUT2D eigenvalue weighted by molar-refractivity contribution is 0.0993. The quantitative estimate of drug-likeness (QED) is 0.758. The van der Waals surface area contributed by atoms with Gasteiger partial charge in [0, 0.05) is 12.0 Å². The van der Waals surface area contributed by atoms with E-state index in [0.29, 0.717) is 18.1 Å². The van der Waals surface area contributed by atoms with Gasteiger partial charge >= 0.3 is 0 Å². The smallest absolute Gasteiger partial charge is 0.167 e. The summed E-state index contributed by atoms with van der Waals surface area (Å²) in [6, 6.07) is 15.0. The molecule has 1 aliphatic rings. The molecule has 0 radical (unpaired) electrons. The maximum absolute atomic E-state index is 12.2. The molecule has 1 fully saturated rings. The van der Waals surface area contributed by atoms with Crippen LogP contribution in [0.25, 0.3) is 0 Å². The van der Waals surface area contributed by atoms with Crippen molar-refractivity contribution in [3.05, 3.63) is 59.7 Å². The third kappa shape index (κ3) is 3.63. The number of ether oxygens (including phenoxy) is 2. The lowest BCUT2D eigenvalue weighted by atomic mass is 10.0. The molecule has 21 heavy (non-hydrogen) atoms. The predicted molar refractivity (Wildman–Crippen MR) is 81.1 cm³/mol.